The van der Waals surface area contributed by atoms with Crippen molar-refractivity contribution < 1.29 is 9.84 Å². The molecule has 0 spiro atoms. The van der Waals surface area contributed by atoms with E-state index in [-0.39, 0.29) is 6.10 Å². The Morgan fingerprint density at radius 2 is 2.27 bits per heavy atom. The second-order valence-corrected chi connectivity index (χ2v) is 3.45. The molecule has 0 amide bonds. The van der Waals surface area contributed by atoms with E-state index in [0.717, 1.165) is 13.0 Å². The van der Waals surface area contributed by atoms with E-state index in [1.54, 1.807) is 0 Å². The van der Waals surface area contributed by atoms with Crippen molar-refractivity contribution in [1.29, 1.82) is 0 Å². The van der Waals surface area contributed by atoms with E-state index in [1.165, 1.54) is 0 Å². The third-order valence-corrected chi connectivity index (χ3v) is 2.03. The van der Waals surface area contributed by atoms with Crippen LogP contribution >= 0.6 is 0 Å². The highest BCUT2D eigenvalue weighted by molar-refractivity contribution is 4.74. The summed E-state index contributed by atoms with van der Waals surface area (Å²) in [4.78, 5) is 2.09. The number of aliphatic hydroxyl groups is 1. The van der Waals surface area contributed by atoms with Crippen molar-refractivity contribution in [2.24, 2.45) is 5.92 Å². The summed E-state index contributed by atoms with van der Waals surface area (Å²) in [6, 6.07) is 0. The van der Waals surface area contributed by atoms with Crippen molar-refractivity contribution in [2.75, 3.05) is 33.9 Å². The van der Waals surface area contributed by atoms with Gasteiger partial charge in [-0.15, -0.1) is 0 Å². The molecule has 1 saturated heterocycles. The largest absolute Gasteiger partial charge is 0.393 e. The Morgan fingerprint density at radius 3 is 2.82 bits per heavy atom. The molecule has 0 aromatic heterocycles. The van der Waals surface area contributed by atoms with Crippen molar-refractivity contribution in [3.63, 3.8) is 0 Å². The summed E-state index contributed by atoms with van der Waals surface area (Å²) in [5, 5.41) is 9.51. The summed E-state index contributed by atoms with van der Waals surface area (Å²) in [5.41, 5.74) is 0. The predicted octanol–water partition coefficient (Wildman–Crippen LogP) is -0.0546. The lowest BCUT2D eigenvalue weighted by molar-refractivity contribution is -0.0426. The molecule has 1 rings (SSSR count). The van der Waals surface area contributed by atoms with E-state index in [2.05, 4.69) is 4.90 Å². The average molecular weight is 159 g/mol. The lowest BCUT2D eigenvalue weighted by atomic mass is 9.98. The molecule has 0 aromatic rings. The molecule has 0 aromatic carbocycles. The Bertz CT molecular complexity index is 117. The summed E-state index contributed by atoms with van der Waals surface area (Å²) in [6.07, 6.45) is 0.629. The van der Waals surface area contributed by atoms with Gasteiger partial charge < -0.3 is 14.7 Å². The summed E-state index contributed by atoms with van der Waals surface area (Å²) >= 11 is 0. The van der Waals surface area contributed by atoms with Crippen LogP contribution < -0.4 is 0 Å². The van der Waals surface area contributed by atoms with Gasteiger partial charge in [-0.25, -0.2) is 0 Å². The number of aliphatic hydroxyl groups excluding tert-OH is 1. The summed E-state index contributed by atoms with van der Waals surface area (Å²) in [6.45, 7) is 2.34. The molecule has 2 atom stereocenters. The van der Waals surface area contributed by atoms with E-state index in [0.29, 0.717) is 19.1 Å². The molecule has 3 heteroatoms. The van der Waals surface area contributed by atoms with Gasteiger partial charge in [0, 0.05) is 19.1 Å². The van der Waals surface area contributed by atoms with Gasteiger partial charge in [-0.3, -0.25) is 0 Å². The molecule has 11 heavy (non-hydrogen) atoms. The highest BCUT2D eigenvalue weighted by atomic mass is 16.5. The quantitative estimate of drug-likeness (QED) is 0.613. The molecule has 2 unspecified atom stereocenters. The smallest absolute Gasteiger partial charge is 0.0624 e. The van der Waals surface area contributed by atoms with Crippen LogP contribution in [-0.2, 0) is 4.74 Å². The molecule has 3 nitrogen and oxygen atoms in total. The van der Waals surface area contributed by atoms with Crippen LogP contribution in [0.4, 0.5) is 0 Å². The minimum atomic E-state index is -0.161. The first-order chi connectivity index (χ1) is 5.20. The molecule has 1 aliphatic rings. The first kappa shape index (κ1) is 8.97. The van der Waals surface area contributed by atoms with Crippen molar-refractivity contribution in [3.8, 4) is 0 Å². The molecule has 0 radical (unpaired) electrons. The van der Waals surface area contributed by atoms with Crippen LogP contribution in [0.25, 0.3) is 0 Å². The second kappa shape index (κ2) is 4.04. The van der Waals surface area contributed by atoms with E-state index in [9.17, 15) is 5.11 Å². The normalized spacial score (nSPS) is 32.7. The molecule has 1 heterocycles. The fraction of sp³-hybridized carbons (Fsp3) is 1.00. The highest BCUT2D eigenvalue weighted by Crippen LogP contribution is 2.14. The van der Waals surface area contributed by atoms with Gasteiger partial charge in [0.15, 0.2) is 0 Å². The maximum Gasteiger partial charge on any atom is 0.0624 e. The number of nitrogens with zero attached hydrogens (tertiary/aromatic N) is 1. The van der Waals surface area contributed by atoms with Gasteiger partial charge in [-0.1, -0.05) is 0 Å². The molecule has 0 aliphatic carbocycles. The van der Waals surface area contributed by atoms with Crippen LogP contribution in [0.5, 0.6) is 0 Å². The fourth-order valence-electron chi connectivity index (χ4n) is 1.43. The van der Waals surface area contributed by atoms with Crippen LogP contribution in [0.2, 0.25) is 0 Å². The van der Waals surface area contributed by atoms with Gasteiger partial charge in [0.2, 0.25) is 0 Å². The standard InChI is InChI=1S/C8H17NO2/c1-9(2)5-7-6-11-4-3-8(7)10/h7-8,10H,3-6H2,1-2H3. The van der Waals surface area contributed by atoms with Gasteiger partial charge in [0.05, 0.1) is 12.7 Å². The van der Waals surface area contributed by atoms with Crippen LogP contribution in [0, 0.1) is 5.92 Å². The van der Waals surface area contributed by atoms with Crippen LogP contribution in [0.15, 0.2) is 0 Å². The zero-order valence-corrected chi connectivity index (χ0v) is 7.29. The van der Waals surface area contributed by atoms with Gasteiger partial charge in [0.1, 0.15) is 0 Å². The Labute approximate surface area is 68.0 Å². The Kier molecular flexibility index (Phi) is 3.30. The Hall–Kier alpha value is -0.120. The first-order valence-electron chi connectivity index (χ1n) is 4.10. The second-order valence-electron chi connectivity index (χ2n) is 3.45. The van der Waals surface area contributed by atoms with Crippen LogP contribution in [-0.4, -0.2) is 50.0 Å². The van der Waals surface area contributed by atoms with Crippen molar-refractivity contribution >= 4 is 0 Å². The summed E-state index contributed by atoms with van der Waals surface area (Å²) < 4.78 is 5.27. The SMILES string of the molecule is CN(C)CC1COCCC1O. The first-order valence-corrected chi connectivity index (χ1v) is 4.10. The third kappa shape index (κ3) is 2.77. The number of ether oxygens (including phenoxy) is 1. The molecule has 1 N–H and O–H groups in total. The molecular formula is C8H17NO2. The average Bonchev–Trinajstić information content (AvgIpc) is 1.93. The minimum Gasteiger partial charge on any atom is -0.393 e. The van der Waals surface area contributed by atoms with E-state index in [4.69, 9.17) is 4.74 Å². The maximum atomic E-state index is 9.51. The molecule has 0 saturated carbocycles. The number of rotatable bonds is 2. The van der Waals surface area contributed by atoms with E-state index >= 15 is 0 Å². The monoisotopic (exact) mass is 159 g/mol. The number of hydrogen-bond acceptors (Lipinski definition) is 3. The fourth-order valence-corrected chi connectivity index (χ4v) is 1.43. The molecule has 66 valence electrons. The highest BCUT2D eigenvalue weighted by Gasteiger charge is 2.23. The van der Waals surface area contributed by atoms with Crippen LogP contribution in [0.1, 0.15) is 6.42 Å². The molecule has 1 aliphatic heterocycles. The van der Waals surface area contributed by atoms with E-state index < -0.39 is 0 Å². The van der Waals surface area contributed by atoms with Gasteiger partial charge in [0.25, 0.3) is 0 Å². The zero-order chi connectivity index (χ0) is 8.27. The summed E-state index contributed by atoms with van der Waals surface area (Å²) in [5.74, 6) is 0.304. The molecular weight excluding hydrogens is 142 g/mol. The number of hydrogen-bond donors (Lipinski definition) is 1. The van der Waals surface area contributed by atoms with Crippen molar-refractivity contribution in [1.82, 2.24) is 4.90 Å². The lowest BCUT2D eigenvalue weighted by Gasteiger charge is -2.29. The predicted molar refractivity (Wildman–Crippen MR) is 43.5 cm³/mol. The third-order valence-electron chi connectivity index (χ3n) is 2.03. The van der Waals surface area contributed by atoms with Gasteiger partial charge in [-0.2, -0.15) is 0 Å². The Balaban J connectivity index is 2.29. The van der Waals surface area contributed by atoms with E-state index in [1.807, 2.05) is 14.1 Å². The van der Waals surface area contributed by atoms with Crippen molar-refractivity contribution in [3.05, 3.63) is 0 Å². The van der Waals surface area contributed by atoms with Crippen molar-refractivity contribution in [2.45, 2.75) is 12.5 Å². The maximum absolute atomic E-state index is 9.51. The van der Waals surface area contributed by atoms with Gasteiger partial charge >= 0.3 is 0 Å². The summed E-state index contributed by atoms with van der Waals surface area (Å²) in [7, 11) is 4.03. The molecule has 0 bridgehead atoms. The lowest BCUT2D eigenvalue weighted by Crippen LogP contribution is -2.38. The zero-order valence-electron chi connectivity index (χ0n) is 7.29. The van der Waals surface area contributed by atoms with Crippen LogP contribution in [0.3, 0.4) is 0 Å². The Morgan fingerprint density at radius 1 is 1.55 bits per heavy atom. The molecule has 1 fully saturated rings. The van der Waals surface area contributed by atoms with Gasteiger partial charge in [-0.05, 0) is 20.5 Å². The topological polar surface area (TPSA) is 32.7 Å². The minimum absolute atomic E-state index is 0.161.